The quantitative estimate of drug-likeness (QED) is 0.597. The van der Waals surface area contributed by atoms with Crippen LogP contribution in [0.5, 0.6) is 0 Å². The predicted octanol–water partition coefficient (Wildman–Crippen LogP) is 5.63. The topological polar surface area (TPSA) is 0 Å². The standard InChI is InChI=1S/C22H24/c1-17-3-7-19(8-4-17)9-10-20-11-15-22(16-12-20)21-13-5-18(2)6-14-21/h3-8,13-14,20,22H,11-12,15-16H2,1-2H3. The number of rotatable bonds is 1. The molecular weight excluding hydrogens is 264 g/mol. The molecule has 0 amide bonds. The van der Waals surface area contributed by atoms with E-state index < -0.39 is 0 Å². The fourth-order valence-corrected chi connectivity index (χ4v) is 3.23. The van der Waals surface area contributed by atoms with E-state index in [0.29, 0.717) is 5.92 Å². The SMILES string of the molecule is Cc1ccc(C#CC2CCC(c3ccc(C)cc3)CC2)cc1. The van der Waals surface area contributed by atoms with Crippen LogP contribution in [0, 0.1) is 31.6 Å². The molecule has 1 aliphatic carbocycles. The van der Waals surface area contributed by atoms with Crippen molar-refractivity contribution in [1.82, 2.24) is 0 Å². The van der Waals surface area contributed by atoms with Crippen molar-refractivity contribution >= 4 is 0 Å². The van der Waals surface area contributed by atoms with Gasteiger partial charge in [0.15, 0.2) is 0 Å². The van der Waals surface area contributed by atoms with Crippen LogP contribution in [-0.4, -0.2) is 0 Å². The lowest BCUT2D eigenvalue weighted by molar-refractivity contribution is 0.384. The number of aryl methyl sites for hydroxylation is 2. The summed E-state index contributed by atoms with van der Waals surface area (Å²) < 4.78 is 0. The molecule has 0 aliphatic heterocycles. The smallest absolute Gasteiger partial charge is 0.0245 e. The van der Waals surface area contributed by atoms with Crippen molar-refractivity contribution in [2.24, 2.45) is 5.92 Å². The zero-order valence-electron chi connectivity index (χ0n) is 13.6. The summed E-state index contributed by atoms with van der Waals surface area (Å²) in [5, 5.41) is 0. The maximum absolute atomic E-state index is 3.49. The molecule has 2 aromatic rings. The van der Waals surface area contributed by atoms with Gasteiger partial charge in [-0.3, -0.25) is 0 Å². The van der Waals surface area contributed by atoms with Crippen LogP contribution < -0.4 is 0 Å². The third-order valence-corrected chi connectivity index (χ3v) is 4.75. The van der Waals surface area contributed by atoms with Gasteiger partial charge < -0.3 is 0 Å². The molecule has 112 valence electrons. The summed E-state index contributed by atoms with van der Waals surface area (Å²) in [5.41, 5.74) is 5.30. The van der Waals surface area contributed by atoms with E-state index in [1.54, 1.807) is 0 Å². The highest BCUT2D eigenvalue weighted by atomic mass is 14.2. The molecule has 0 radical (unpaired) electrons. The molecule has 1 aliphatic rings. The summed E-state index contributed by atoms with van der Waals surface area (Å²) in [6.07, 6.45) is 5.02. The average Bonchev–Trinajstić information content (AvgIpc) is 2.56. The van der Waals surface area contributed by atoms with E-state index >= 15 is 0 Å². The lowest BCUT2D eigenvalue weighted by Gasteiger charge is -2.26. The second-order valence-electron chi connectivity index (χ2n) is 6.59. The zero-order chi connectivity index (χ0) is 15.4. The van der Waals surface area contributed by atoms with E-state index in [1.165, 1.54) is 42.4 Å². The Bertz CT molecular complexity index is 657. The first-order valence-electron chi connectivity index (χ1n) is 8.35. The maximum Gasteiger partial charge on any atom is 0.0245 e. The predicted molar refractivity (Wildman–Crippen MR) is 93.9 cm³/mol. The minimum atomic E-state index is 0.572. The normalized spacial score (nSPS) is 21.0. The largest absolute Gasteiger partial charge is 0.0945 e. The summed E-state index contributed by atoms with van der Waals surface area (Å²) in [6, 6.07) is 17.6. The first kappa shape index (κ1) is 14.9. The van der Waals surface area contributed by atoms with E-state index in [2.05, 4.69) is 74.2 Å². The molecular formula is C22H24. The van der Waals surface area contributed by atoms with Gasteiger partial charge in [-0.1, -0.05) is 59.4 Å². The molecule has 0 N–H and O–H groups in total. The van der Waals surface area contributed by atoms with Gasteiger partial charge in [0.25, 0.3) is 0 Å². The lowest BCUT2D eigenvalue weighted by Crippen LogP contribution is -2.12. The van der Waals surface area contributed by atoms with Crippen LogP contribution in [0.3, 0.4) is 0 Å². The number of hydrogen-bond acceptors (Lipinski definition) is 0. The van der Waals surface area contributed by atoms with Gasteiger partial charge in [-0.15, -0.1) is 0 Å². The Morgan fingerprint density at radius 1 is 0.727 bits per heavy atom. The average molecular weight is 288 g/mol. The Labute approximate surface area is 134 Å². The Hall–Kier alpha value is -2.00. The highest BCUT2D eigenvalue weighted by Crippen LogP contribution is 2.35. The zero-order valence-corrected chi connectivity index (χ0v) is 13.6. The van der Waals surface area contributed by atoms with Crippen LogP contribution in [-0.2, 0) is 0 Å². The van der Waals surface area contributed by atoms with Gasteiger partial charge in [0.05, 0.1) is 0 Å². The fourth-order valence-electron chi connectivity index (χ4n) is 3.23. The molecule has 0 heterocycles. The van der Waals surface area contributed by atoms with Crippen molar-refractivity contribution in [1.29, 1.82) is 0 Å². The monoisotopic (exact) mass is 288 g/mol. The molecule has 22 heavy (non-hydrogen) atoms. The molecule has 0 heteroatoms. The Morgan fingerprint density at radius 3 is 1.86 bits per heavy atom. The second-order valence-corrected chi connectivity index (χ2v) is 6.59. The van der Waals surface area contributed by atoms with Crippen molar-refractivity contribution in [3.63, 3.8) is 0 Å². The molecule has 0 aromatic heterocycles. The summed E-state index contributed by atoms with van der Waals surface area (Å²) >= 11 is 0. The highest BCUT2D eigenvalue weighted by Gasteiger charge is 2.20. The van der Waals surface area contributed by atoms with E-state index in [4.69, 9.17) is 0 Å². The van der Waals surface area contributed by atoms with Crippen LogP contribution >= 0.6 is 0 Å². The summed E-state index contributed by atoms with van der Waals surface area (Å²) in [7, 11) is 0. The molecule has 0 atom stereocenters. The molecule has 1 saturated carbocycles. The fraction of sp³-hybridized carbons (Fsp3) is 0.364. The number of hydrogen-bond donors (Lipinski definition) is 0. The van der Waals surface area contributed by atoms with Gasteiger partial charge in [-0.25, -0.2) is 0 Å². The summed E-state index contributed by atoms with van der Waals surface area (Å²) in [6.45, 7) is 4.27. The van der Waals surface area contributed by atoms with Gasteiger partial charge >= 0.3 is 0 Å². The molecule has 2 aromatic carbocycles. The Kier molecular flexibility index (Phi) is 4.64. The first-order chi connectivity index (χ1) is 10.7. The van der Waals surface area contributed by atoms with E-state index in [0.717, 1.165) is 11.5 Å². The lowest BCUT2D eigenvalue weighted by atomic mass is 9.79. The van der Waals surface area contributed by atoms with Crippen LogP contribution in [0.25, 0.3) is 0 Å². The third kappa shape index (κ3) is 3.80. The maximum atomic E-state index is 3.49. The molecule has 3 rings (SSSR count). The minimum Gasteiger partial charge on any atom is -0.0945 e. The first-order valence-corrected chi connectivity index (χ1v) is 8.35. The Morgan fingerprint density at radius 2 is 1.27 bits per heavy atom. The molecule has 0 saturated heterocycles. The van der Waals surface area contributed by atoms with Gasteiger partial charge in [0.1, 0.15) is 0 Å². The van der Waals surface area contributed by atoms with Crippen LogP contribution in [0.4, 0.5) is 0 Å². The molecule has 0 nitrogen and oxygen atoms in total. The van der Waals surface area contributed by atoms with Crippen molar-refractivity contribution in [2.75, 3.05) is 0 Å². The van der Waals surface area contributed by atoms with Crippen molar-refractivity contribution in [2.45, 2.75) is 45.4 Å². The van der Waals surface area contributed by atoms with Gasteiger partial charge in [0, 0.05) is 11.5 Å². The van der Waals surface area contributed by atoms with Crippen LogP contribution in [0.1, 0.15) is 53.9 Å². The molecule has 0 spiro atoms. The number of benzene rings is 2. The van der Waals surface area contributed by atoms with E-state index in [1.807, 2.05) is 0 Å². The van der Waals surface area contributed by atoms with Crippen molar-refractivity contribution in [3.05, 3.63) is 70.8 Å². The summed E-state index contributed by atoms with van der Waals surface area (Å²) in [4.78, 5) is 0. The highest BCUT2D eigenvalue weighted by molar-refractivity contribution is 5.36. The molecule has 1 fully saturated rings. The van der Waals surface area contributed by atoms with Crippen molar-refractivity contribution in [3.8, 4) is 11.8 Å². The van der Waals surface area contributed by atoms with Crippen LogP contribution in [0.2, 0.25) is 0 Å². The van der Waals surface area contributed by atoms with Gasteiger partial charge in [-0.2, -0.15) is 0 Å². The second kappa shape index (κ2) is 6.84. The third-order valence-electron chi connectivity index (χ3n) is 4.75. The minimum absolute atomic E-state index is 0.572. The van der Waals surface area contributed by atoms with E-state index in [9.17, 15) is 0 Å². The van der Waals surface area contributed by atoms with Gasteiger partial charge in [0.2, 0.25) is 0 Å². The molecule has 0 bridgehead atoms. The van der Waals surface area contributed by atoms with Crippen molar-refractivity contribution < 1.29 is 0 Å². The van der Waals surface area contributed by atoms with Gasteiger partial charge in [-0.05, 0) is 63.1 Å². The van der Waals surface area contributed by atoms with E-state index in [-0.39, 0.29) is 0 Å². The summed E-state index contributed by atoms with van der Waals surface area (Å²) in [5.74, 6) is 8.15. The molecule has 0 unspecified atom stereocenters. The Balaban J connectivity index is 1.58. The van der Waals surface area contributed by atoms with Crippen LogP contribution in [0.15, 0.2) is 48.5 Å².